The molecule has 0 saturated heterocycles. The molecule has 4 aliphatic rings. The fourth-order valence-electron chi connectivity index (χ4n) is 6.40. The number of esters is 1. The number of fused-ring (bicyclic) bond motifs is 5. The van der Waals surface area contributed by atoms with Crippen molar-refractivity contribution in [1.29, 1.82) is 0 Å². The van der Waals surface area contributed by atoms with Gasteiger partial charge in [0.1, 0.15) is 11.4 Å². The Morgan fingerprint density at radius 2 is 1.87 bits per heavy atom. The number of methoxy groups -OCH3 is 1. The van der Waals surface area contributed by atoms with Gasteiger partial charge in [-0.2, -0.15) is 5.10 Å². The second-order valence-corrected chi connectivity index (χ2v) is 11.8. The zero-order valence-electron chi connectivity index (χ0n) is 24.9. The first-order valence-corrected chi connectivity index (χ1v) is 15.0. The number of hydrogen-bond acceptors (Lipinski definition) is 9. The normalized spacial score (nSPS) is 21.8. The topological polar surface area (TPSA) is 164 Å². The number of aromatic nitrogens is 3. The highest BCUT2D eigenvalue weighted by molar-refractivity contribution is 6.13. The van der Waals surface area contributed by atoms with Gasteiger partial charge in [0.2, 0.25) is 0 Å². The Hall–Kier alpha value is -4.30. The molecule has 2 bridgehead atoms. The monoisotopic (exact) mass is 644 g/mol. The van der Waals surface area contributed by atoms with Crippen LogP contribution in [0.3, 0.4) is 0 Å². The third kappa shape index (κ3) is 6.29. The first kappa shape index (κ1) is 32.1. The molecule has 0 unspecified atom stereocenters. The molecule has 0 radical (unpaired) electrons. The minimum atomic E-state index is -1.36. The van der Waals surface area contributed by atoms with Crippen LogP contribution in [-0.4, -0.2) is 70.3 Å². The maximum atomic E-state index is 13.9. The minimum Gasteiger partial charge on any atom is -0.482 e. The second kappa shape index (κ2) is 13.0. The predicted molar refractivity (Wildman–Crippen MR) is 159 cm³/mol. The van der Waals surface area contributed by atoms with Gasteiger partial charge in [0.05, 0.1) is 24.4 Å². The molecular weight excluding hydrogens is 611 g/mol. The fourth-order valence-corrected chi connectivity index (χ4v) is 6.55. The van der Waals surface area contributed by atoms with Crippen molar-refractivity contribution < 1.29 is 38.1 Å². The first-order valence-electron chi connectivity index (χ1n) is 14.6. The zero-order valence-corrected chi connectivity index (χ0v) is 25.7. The van der Waals surface area contributed by atoms with Crippen LogP contribution in [-0.2, 0) is 20.9 Å². The molecule has 0 atom stereocenters. The quantitative estimate of drug-likeness (QED) is 0.244. The van der Waals surface area contributed by atoms with E-state index in [-0.39, 0.29) is 35.2 Å². The third-order valence-electron chi connectivity index (χ3n) is 9.08. The molecule has 3 heterocycles. The number of rotatable bonds is 8. The molecule has 3 aliphatic carbocycles. The molecule has 2 amide bonds. The summed E-state index contributed by atoms with van der Waals surface area (Å²) in [4.78, 5) is 55.8. The fraction of sp³-hybridized carbons (Fsp3) is 0.467. The molecular formula is C30H34ClFN6O7. The maximum Gasteiger partial charge on any atom is 0.354 e. The second-order valence-electron chi connectivity index (χ2n) is 11.6. The van der Waals surface area contributed by atoms with Gasteiger partial charge < -0.3 is 24.8 Å². The highest BCUT2D eigenvalue weighted by Gasteiger charge is 2.53. The first-order chi connectivity index (χ1) is 21.5. The Balaban J connectivity index is 0.000000211. The van der Waals surface area contributed by atoms with Crippen molar-refractivity contribution in [2.24, 2.45) is 10.8 Å². The molecule has 3 saturated carbocycles. The number of nitrogens with zero attached hydrogens (tertiary/aromatic N) is 4. The van der Waals surface area contributed by atoms with E-state index in [9.17, 15) is 28.7 Å². The summed E-state index contributed by atoms with van der Waals surface area (Å²) in [6.07, 6.45) is 5.45. The van der Waals surface area contributed by atoms with E-state index < -0.39 is 28.8 Å². The summed E-state index contributed by atoms with van der Waals surface area (Å²) in [6.45, 7) is 3.65. The predicted octanol–water partition coefficient (Wildman–Crippen LogP) is 3.49. The molecule has 1 aromatic carbocycles. The highest BCUT2D eigenvalue weighted by atomic mass is 35.5. The average Bonchev–Trinajstić information content (AvgIpc) is 3.44. The van der Waals surface area contributed by atoms with E-state index in [4.69, 9.17) is 21.3 Å². The number of likely N-dealkylation sites (N-methyl/N-ethyl adjacent to an activating group) is 1. The Morgan fingerprint density at radius 1 is 1.16 bits per heavy atom. The van der Waals surface area contributed by atoms with E-state index in [1.54, 1.807) is 4.90 Å². The molecule has 15 heteroatoms. The molecule has 0 spiro atoms. The van der Waals surface area contributed by atoms with E-state index in [0.29, 0.717) is 19.6 Å². The Morgan fingerprint density at radius 3 is 2.49 bits per heavy atom. The van der Waals surface area contributed by atoms with Crippen molar-refractivity contribution in [1.82, 2.24) is 24.8 Å². The van der Waals surface area contributed by atoms with Crippen molar-refractivity contribution in [3.05, 3.63) is 53.2 Å². The standard InChI is InChI=1S/C19H21FN4O5.C11H13ClN2O2/c1-29-17(28)19-5-2-18(3-6-19,4-7-19)10-21-15(25)13-8-12(16(26)27)23-14-11(20)9-22-24(13)14;1-2-14-9-5-8(6-13-12)3-4-10(9)16-7-11(14)15/h8-9H,2-7,10H2,1H3,(H,21,25)(H,26,27);3-5,13H,2,6-7H2,1H3. The van der Waals surface area contributed by atoms with E-state index in [1.807, 2.05) is 25.1 Å². The van der Waals surface area contributed by atoms with E-state index in [2.05, 4.69) is 20.2 Å². The van der Waals surface area contributed by atoms with Gasteiger partial charge in [-0.05, 0) is 80.3 Å². The van der Waals surface area contributed by atoms with Gasteiger partial charge in [-0.15, -0.1) is 0 Å². The third-order valence-corrected chi connectivity index (χ3v) is 9.21. The lowest BCUT2D eigenvalue weighted by atomic mass is 9.53. The number of nitrogens with one attached hydrogen (secondary N) is 2. The molecule has 3 fully saturated rings. The van der Waals surface area contributed by atoms with Crippen LogP contribution in [0.4, 0.5) is 10.1 Å². The molecule has 3 aromatic rings. The number of carbonyl (C=O) groups is 4. The lowest BCUT2D eigenvalue weighted by molar-refractivity contribution is -0.162. The lowest BCUT2D eigenvalue weighted by Crippen LogP contribution is -2.50. The molecule has 13 nitrogen and oxygen atoms in total. The number of hydrogen-bond donors (Lipinski definition) is 3. The van der Waals surface area contributed by atoms with Crippen molar-refractivity contribution in [3.8, 4) is 5.75 Å². The van der Waals surface area contributed by atoms with Crippen LogP contribution < -0.4 is 19.8 Å². The smallest absolute Gasteiger partial charge is 0.354 e. The summed E-state index contributed by atoms with van der Waals surface area (Å²) in [5, 5.41) is 15.8. The van der Waals surface area contributed by atoms with Crippen LogP contribution in [0, 0.1) is 16.6 Å². The summed E-state index contributed by atoms with van der Waals surface area (Å²) in [5.74, 6) is -2.13. The van der Waals surface area contributed by atoms with Crippen LogP contribution in [0.5, 0.6) is 5.75 Å². The van der Waals surface area contributed by atoms with Gasteiger partial charge in [-0.1, -0.05) is 6.07 Å². The Bertz CT molecular complexity index is 1620. The number of ether oxygens (including phenoxy) is 2. The van der Waals surface area contributed by atoms with Gasteiger partial charge in [0.15, 0.2) is 23.8 Å². The van der Waals surface area contributed by atoms with Crippen molar-refractivity contribution >= 4 is 46.9 Å². The van der Waals surface area contributed by atoms with Gasteiger partial charge in [-0.25, -0.2) is 23.5 Å². The molecule has 7 rings (SSSR count). The van der Waals surface area contributed by atoms with Crippen LogP contribution in [0.25, 0.3) is 5.65 Å². The van der Waals surface area contributed by atoms with Gasteiger partial charge in [0, 0.05) is 25.7 Å². The number of anilines is 1. The summed E-state index contributed by atoms with van der Waals surface area (Å²) in [7, 11) is 1.41. The zero-order chi connectivity index (χ0) is 32.4. The summed E-state index contributed by atoms with van der Waals surface area (Å²) in [6, 6.07) is 6.80. The van der Waals surface area contributed by atoms with Crippen LogP contribution >= 0.6 is 11.8 Å². The summed E-state index contributed by atoms with van der Waals surface area (Å²) in [5.41, 5.74) is 0.491. The van der Waals surface area contributed by atoms with Gasteiger partial charge in [0.25, 0.3) is 11.8 Å². The molecule has 45 heavy (non-hydrogen) atoms. The molecule has 240 valence electrons. The largest absolute Gasteiger partial charge is 0.482 e. The van der Waals surface area contributed by atoms with E-state index >= 15 is 0 Å². The number of aromatic carboxylic acids is 1. The molecule has 2 aromatic heterocycles. The van der Waals surface area contributed by atoms with Crippen LogP contribution in [0.1, 0.15) is 72.0 Å². The van der Waals surface area contributed by atoms with Crippen LogP contribution in [0.2, 0.25) is 0 Å². The minimum absolute atomic E-state index is 0.00835. The molecule has 1 aliphatic heterocycles. The van der Waals surface area contributed by atoms with Crippen molar-refractivity contribution in [3.63, 3.8) is 0 Å². The van der Waals surface area contributed by atoms with Crippen molar-refractivity contribution in [2.75, 3.05) is 31.7 Å². The summed E-state index contributed by atoms with van der Waals surface area (Å²) < 4.78 is 25.2. The van der Waals surface area contributed by atoms with Gasteiger partial charge >= 0.3 is 11.9 Å². The number of halogens is 2. The Labute approximate surface area is 263 Å². The maximum absolute atomic E-state index is 13.9. The number of amides is 2. The van der Waals surface area contributed by atoms with Crippen LogP contribution in [0.15, 0.2) is 30.5 Å². The van der Waals surface area contributed by atoms with Gasteiger partial charge in [-0.3, -0.25) is 14.4 Å². The SMILES string of the molecule is CCN1C(=O)COc2ccc(CNCl)cc21.COC(=O)C12CCC(CNC(=O)c3cc(C(=O)O)nc4c(F)cnn34)(CC1)CC2. The van der Waals surface area contributed by atoms with E-state index in [0.717, 1.165) is 72.3 Å². The highest BCUT2D eigenvalue weighted by Crippen LogP contribution is 2.57. The van der Waals surface area contributed by atoms with E-state index in [1.165, 1.54) is 7.11 Å². The number of benzene rings is 1. The average molecular weight is 645 g/mol. The Kier molecular flexibility index (Phi) is 9.26. The summed E-state index contributed by atoms with van der Waals surface area (Å²) >= 11 is 5.46. The number of carbonyl (C=O) groups excluding carboxylic acids is 3. The number of carboxylic acid groups (broad SMARTS) is 1. The lowest BCUT2D eigenvalue weighted by Gasteiger charge is -2.51. The molecule has 3 N–H and O–H groups in total. The number of carboxylic acids is 1. The van der Waals surface area contributed by atoms with Crippen molar-refractivity contribution in [2.45, 2.75) is 52.0 Å².